The van der Waals surface area contributed by atoms with Crippen molar-refractivity contribution in [3.05, 3.63) is 0 Å². The quantitative estimate of drug-likeness (QED) is 0.605. The number of nitrogens with zero attached hydrogens (tertiary/aromatic N) is 1. The van der Waals surface area contributed by atoms with Gasteiger partial charge in [-0.3, -0.25) is 4.79 Å². The predicted octanol–water partition coefficient (Wildman–Crippen LogP) is 2.17. The molecule has 1 unspecified atom stereocenters. The first kappa shape index (κ1) is 17.4. The third-order valence-corrected chi connectivity index (χ3v) is 4.17. The molecule has 20 heavy (non-hydrogen) atoms. The number of hydrogen-bond donors (Lipinski definition) is 2. The Hall–Kier alpha value is -0.610. The molecule has 4 heteroatoms. The van der Waals surface area contributed by atoms with E-state index in [1.807, 2.05) is 4.90 Å². The Kier molecular flexibility index (Phi) is 9.67. The standard InChI is InChI=1S/C16H32N2O2/c1-2-3-4-5-11-18(12-13-19)16(20)9-8-15-7-6-10-17-14-15/h15,17,19H,2-14H2,1H3. The average molecular weight is 284 g/mol. The summed E-state index contributed by atoms with van der Waals surface area (Å²) in [5.41, 5.74) is 0. The molecular weight excluding hydrogens is 252 g/mol. The molecule has 0 radical (unpaired) electrons. The van der Waals surface area contributed by atoms with E-state index >= 15 is 0 Å². The van der Waals surface area contributed by atoms with Crippen LogP contribution >= 0.6 is 0 Å². The molecule has 1 aliphatic heterocycles. The minimum atomic E-state index is 0.0739. The van der Waals surface area contributed by atoms with Crippen molar-refractivity contribution >= 4 is 5.91 Å². The van der Waals surface area contributed by atoms with Crippen molar-refractivity contribution in [3.8, 4) is 0 Å². The third-order valence-electron chi connectivity index (χ3n) is 4.17. The van der Waals surface area contributed by atoms with E-state index in [4.69, 9.17) is 5.11 Å². The van der Waals surface area contributed by atoms with E-state index in [1.54, 1.807) is 0 Å². The second-order valence-corrected chi connectivity index (χ2v) is 5.92. The summed E-state index contributed by atoms with van der Waals surface area (Å²) in [6.07, 6.45) is 8.79. The summed E-state index contributed by atoms with van der Waals surface area (Å²) < 4.78 is 0. The van der Waals surface area contributed by atoms with Crippen LogP contribution < -0.4 is 5.32 Å². The largest absolute Gasteiger partial charge is 0.395 e. The van der Waals surface area contributed by atoms with E-state index in [0.29, 0.717) is 18.9 Å². The molecule has 0 spiro atoms. The van der Waals surface area contributed by atoms with Crippen molar-refractivity contribution in [3.63, 3.8) is 0 Å². The SMILES string of the molecule is CCCCCCN(CCO)C(=O)CCC1CCCNC1. The highest BCUT2D eigenvalue weighted by atomic mass is 16.3. The molecule has 1 saturated heterocycles. The van der Waals surface area contributed by atoms with Crippen LogP contribution in [-0.4, -0.2) is 48.7 Å². The zero-order chi connectivity index (χ0) is 14.6. The summed E-state index contributed by atoms with van der Waals surface area (Å²) in [4.78, 5) is 14.1. The van der Waals surface area contributed by atoms with Crippen LogP contribution in [0.3, 0.4) is 0 Å². The fourth-order valence-electron chi connectivity index (χ4n) is 2.87. The van der Waals surface area contributed by atoms with E-state index in [2.05, 4.69) is 12.2 Å². The number of carbonyl (C=O) groups is 1. The lowest BCUT2D eigenvalue weighted by molar-refractivity contribution is -0.132. The van der Waals surface area contributed by atoms with Gasteiger partial charge in [-0.05, 0) is 44.7 Å². The Labute approximate surface area is 123 Å². The number of piperidine rings is 1. The van der Waals surface area contributed by atoms with E-state index < -0.39 is 0 Å². The number of carbonyl (C=O) groups excluding carboxylic acids is 1. The molecule has 1 fully saturated rings. The number of aliphatic hydroxyl groups excluding tert-OH is 1. The predicted molar refractivity (Wildman–Crippen MR) is 82.6 cm³/mol. The first-order valence-corrected chi connectivity index (χ1v) is 8.37. The molecule has 2 N–H and O–H groups in total. The molecule has 1 rings (SSSR count). The summed E-state index contributed by atoms with van der Waals surface area (Å²) in [6, 6.07) is 0. The summed E-state index contributed by atoms with van der Waals surface area (Å²) in [7, 11) is 0. The van der Waals surface area contributed by atoms with Gasteiger partial charge in [-0.2, -0.15) is 0 Å². The van der Waals surface area contributed by atoms with Crippen LogP contribution in [-0.2, 0) is 4.79 Å². The normalized spacial score (nSPS) is 19.0. The zero-order valence-corrected chi connectivity index (χ0v) is 13.1. The van der Waals surface area contributed by atoms with Crippen molar-refractivity contribution in [1.29, 1.82) is 0 Å². The van der Waals surface area contributed by atoms with Gasteiger partial charge >= 0.3 is 0 Å². The van der Waals surface area contributed by atoms with Crippen molar-refractivity contribution in [1.82, 2.24) is 10.2 Å². The van der Waals surface area contributed by atoms with Gasteiger partial charge in [0, 0.05) is 19.5 Å². The van der Waals surface area contributed by atoms with E-state index in [9.17, 15) is 4.79 Å². The highest BCUT2D eigenvalue weighted by Gasteiger charge is 2.17. The first-order valence-electron chi connectivity index (χ1n) is 8.37. The number of unbranched alkanes of at least 4 members (excludes halogenated alkanes) is 3. The van der Waals surface area contributed by atoms with Gasteiger partial charge in [0.15, 0.2) is 0 Å². The first-order chi connectivity index (χ1) is 9.77. The smallest absolute Gasteiger partial charge is 0.222 e. The summed E-state index contributed by atoms with van der Waals surface area (Å²) in [6.45, 7) is 5.75. The van der Waals surface area contributed by atoms with Crippen LogP contribution in [0.4, 0.5) is 0 Å². The Morgan fingerprint density at radius 3 is 2.80 bits per heavy atom. The number of nitrogens with one attached hydrogen (secondary N) is 1. The molecule has 0 bridgehead atoms. The van der Waals surface area contributed by atoms with Gasteiger partial charge in [0.1, 0.15) is 0 Å². The van der Waals surface area contributed by atoms with Gasteiger partial charge in [0.25, 0.3) is 0 Å². The molecular formula is C16H32N2O2. The number of hydrogen-bond acceptors (Lipinski definition) is 3. The third kappa shape index (κ3) is 7.25. The van der Waals surface area contributed by atoms with Crippen LogP contribution in [0.2, 0.25) is 0 Å². The molecule has 0 aliphatic carbocycles. The molecule has 1 aliphatic rings. The average Bonchev–Trinajstić information content (AvgIpc) is 2.49. The molecule has 4 nitrogen and oxygen atoms in total. The molecule has 118 valence electrons. The van der Waals surface area contributed by atoms with Crippen LogP contribution in [0.1, 0.15) is 58.3 Å². The Bertz CT molecular complexity index is 253. The summed E-state index contributed by atoms with van der Waals surface area (Å²) >= 11 is 0. The van der Waals surface area contributed by atoms with Crippen molar-refractivity contribution < 1.29 is 9.90 Å². The minimum absolute atomic E-state index is 0.0739. The van der Waals surface area contributed by atoms with E-state index in [-0.39, 0.29) is 12.5 Å². The van der Waals surface area contributed by atoms with Crippen molar-refractivity contribution in [2.75, 3.05) is 32.8 Å². The van der Waals surface area contributed by atoms with Crippen LogP contribution in [0.5, 0.6) is 0 Å². The second kappa shape index (κ2) is 11.1. The zero-order valence-electron chi connectivity index (χ0n) is 13.1. The number of aliphatic hydroxyl groups is 1. The Morgan fingerprint density at radius 1 is 1.30 bits per heavy atom. The molecule has 0 aromatic carbocycles. The Balaban J connectivity index is 2.23. The lowest BCUT2D eigenvalue weighted by Gasteiger charge is -2.25. The lowest BCUT2D eigenvalue weighted by atomic mass is 9.94. The van der Waals surface area contributed by atoms with Gasteiger partial charge < -0.3 is 15.3 Å². The van der Waals surface area contributed by atoms with Gasteiger partial charge in [-0.15, -0.1) is 0 Å². The molecule has 1 heterocycles. The molecule has 0 saturated carbocycles. The van der Waals surface area contributed by atoms with Crippen LogP contribution in [0.25, 0.3) is 0 Å². The molecule has 1 atom stereocenters. The van der Waals surface area contributed by atoms with Crippen LogP contribution in [0.15, 0.2) is 0 Å². The fourth-order valence-corrected chi connectivity index (χ4v) is 2.87. The minimum Gasteiger partial charge on any atom is -0.395 e. The number of rotatable bonds is 10. The maximum Gasteiger partial charge on any atom is 0.222 e. The van der Waals surface area contributed by atoms with Gasteiger partial charge in [0.05, 0.1) is 6.61 Å². The van der Waals surface area contributed by atoms with Gasteiger partial charge in [-0.1, -0.05) is 26.2 Å². The van der Waals surface area contributed by atoms with E-state index in [0.717, 1.165) is 32.5 Å². The fraction of sp³-hybridized carbons (Fsp3) is 0.938. The van der Waals surface area contributed by atoms with Crippen molar-refractivity contribution in [2.45, 2.75) is 58.3 Å². The topological polar surface area (TPSA) is 52.6 Å². The highest BCUT2D eigenvalue weighted by Crippen LogP contribution is 2.16. The summed E-state index contributed by atoms with van der Waals surface area (Å²) in [5, 5.41) is 12.5. The van der Waals surface area contributed by atoms with E-state index in [1.165, 1.54) is 32.1 Å². The number of amides is 1. The summed E-state index contributed by atoms with van der Waals surface area (Å²) in [5.74, 6) is 0.880. The maximum atomic E-state index is 12.2. The monoisotopic (exact) mass is 284 g/mol. The van der Waals surface area contributed by atoms with Crippen molar-refractivity contribution in [2.24, 2.45) is 5.92 Å². The van der Waals surface area contributed by atoms with Gasteiger partial charge in [0.2, 0.25) is 5.91 Å². The Morgan fingerprint density at radius 2 is 2.15 bits per heavy atom. The molecule has 0 aromatic heterocycles. The highest BCUT2D eigenvalue weighted by molar-refractivity contribution is 5.76. The maximum absolute atomic E-state index is 12.2. The molecule has 0 aromatic rings. The second-order valence-electron chi connectivity index (χ2n) is 5.92. The lowest BCUT2D eigenvalue weighted by Crippen LogP contribution is -2.35. The molecule has 1 amide bonds. The van der Waals surface area contributed by atoms with Crippen LogP contribution in [0, 0.1) is 5.92 Å². The van der Waals surface area contributed by atoms with Gasteiger partial charge in [-0.25, -0.2) is 0 Å².